The van der Waals surface area contributed by atoms with E-state index in [1.165, 1.54) is 10.6 Å². The number of aromatic amines is 1. The highest BCUT2D eigenvalue weighted by atomic mass is 35.5. The van der Waals surface area contributed by atoms with Gasteiger partial charge in [-0.05, 0) is 30.2 Å². The number of nitrogens with zero attached hydrogens (tertiary/aromatic N) is 5. The molecule has 2 N–H and O–H groups in total. The number of hydrogen-bond donors (Lipinski definition) is 2. The standard InChI is InChI=1S/C18H18ClN7O/c1-3-13-9-16(27)26-18(21-13)22-17(24-26)20-10-12-8-11(4-5-14(12)19)15-6-7-25(2)23-15/h4-9H,3,10H2,1-2H3,(H2,20,21,22,24). The first kappa shape index (κ1) is 17.3. The second kappa shape index (κ2) is 6.88. The average Bonchev–Trinajstić information content (AvgIpc) is 3.27. The van der Waals surface area contributed by atoms with Crippen molar-refractivity contribution in [1.82, 2.24) is 29.4 Å². The molecule has 0 aliphatic carbocycles. The number of nitrogens with one attached hydrogen (secondary N) is 2. The SMILES string of the molecule is CCc1cc(=O)n2nc(NCc3cc(-c4ccn(C)n4)ccc3Cl)nc2[nH]1. The molecule has 0 amide bonds. The van der Waals surface area contributed by atoms with Crippen molar-refractivity contribution in [2.24, 2.45) is 7.05 Å². The van der Waals surface area contributed by atoms with Gasteiger partial charge in [0.25, 0.3) is 5.56 Å². The van der Waals surface area contributed by atoms with Gasteiger partial charge in [0.05, 0.1) is 5.69 Å². The molecule has 0 saturated heterocycles. The summed E-state index contributed by atoms with van der Waals surface area (Å²) >= 11 is 6.33. The number of aryl methyl sites for hydroxylation is 2. The van der Waals surface area contributed by atoms with Gasteiger partial charge in [0.2, 0.25) is 11.7 Å². The molecular formula is C18H18ClN7O. The minimum atomic E-state index is -0.212. The molecule has 0 spiro atoms. The van der Waals surface area contributed by atoms with Gasteiger partial charge in [0.15, 0.2) is 0 Å². The first-order valence-electron chi connectivity index (χ1n) is 8.55. The van der Waals surface area contributed by atoms with Gasteiger partial charge in [0, 0.05) is 42.1 Å². The predicted octanol–water partition coefficient (Wildman–Crippen LogP) is 2.65. The van der Waals surface area contributed by atoms with Gasteiger partial charge in [-0.1, -0.05) is 24.6 Å². The number of hydrogen-bond acceptors (Lipinski definition) is 5. The Labute approximate surface area is 159 Å². The lowest BCUT2D eigenvalue weighted by Gasteiger charge is -2.07. The fourth-order valence-electron chi connectivity index (χ4n) is 2.81. The molecule has 0 fully saturated rings. The molecule has 0 radical (unpaired) electrons. The van der Waals surface area contributed by atoms with E-state index < -0.39 is 0 Å². The van der Waals surface area contributed by atoms with Crippen molar-refractivity contribution in [2.45, 2.75) is 19.9 Å². The maximum Gasteiger partial charge on any atom is 0.275 e. The number of H-pyrrole nitrogens is 1. The summed E-state index contributed by atoms with van der Waals surface area (Å²) in [5, 5.41) is 12.4. The Morgan fingerprint density at radius 3 is 2.81 bits per heavy atom. The van der Waals surface area contributed by atoms with Crippen molar-refractivity contribution in [3.05, 3.63) is 63.2 Å². The summed E-state index contributed by atoms with van der Waals surface area (Å²) in [5.41, 5.74) is 3.34. The quantitative estimate of drug-likeness (QED) is 0.552. The van der Waals surface area contributed by atoms with E-state index >= 15 is 0 Å². The highest BCUT2D eigenvalue weighted by Gasteiger charge is 2.10. The zero-order valence-corrected chi connectivity index (χ0v) is 15.7. The Kier molecular flexibility index (Phi) is 4.41. The van der Waals surface area contributed by atoms with Crippen LogP contribution >= 0.6 is 11.6 Å². The van der Waals surface area contributed by atoms with Crippen molar-refractivity contribution in [1.29, 1.82) is 0 Å². The number of halogens is 1. The minimum Gasteiger partial charge on any atom is -0.349 e. The van der Waals surface area contributed by atoms with E-state index in [0.29, 0.717) is 23.3 Å². The van der Waals surface area contributed by atoms with E-state index in [1.807, 2.05) is 44.4 Å². The Morgan fingerprint density at radius 1 is 1.22 bits per heavy atom. The first-order valence-corrected chi connectivity index (χ1v) is 8.92. The lowest BCUT2D eigenvalue weighted by molar-refractivity contribution is 0.771. The highest BCUT2D eigenvalue weighted by Crippen LogP contribution is 2.24. The molecule has 138 valence electrons. The van der Waals surface area contributed by atoms with Crippen LogP contribution in [0.3, 0.4) is 0 Å². The monoisotopic (exact) mass is 383 g/mol. The number of anilines is 1. The molecule has 0 saturated carbocycles. The van der Waals surface area contributed by atoms with Crippen LogP contribution in [0.4, 0.5) is 5.95 Å². The van der Waals surface area contributed by atoms with Crippen LogP contribution in [0, 0.1) is 0 Å². The summed E-state index contributed by atoms with van der Waals surface area (Å²) in [7, 11) is 1.88. The van der Waals surface area contributed by atoms with Crippen molar-refractivity contribution in [3.8, 4) is 11.3 Å². The topological polar surface area (TPSA) is 92.9 Å². The van der Waals surface area contributed by atoms with Gasteiger partial charge in [-0.15, -0.1) is 5.10 Å². The molecule has 9 heteroatoms. The number of aromatic nitrogens is 6. The van der Waals surface area contributed by atoms with Crippen LogP contribution in [0.5, 0.6) is 0 Å². The molecule has 3 aromatic heterocycles. The molecule has 0 aliphatic heterocycles. The fraction of sp³-hybridized carbons (Fsp3) is 0.222. The van der Waals surface area contributed by atoms with Gasteiger partial charge < -0.3 is 10.3 Å². The van der Waals surface area contributed by atoms with Gasteiger partial charge in [-0.2, -0.15) is 14.6 Å². The molecule has 0 atom stereocenters. The van der Waals surface area contributed by atoms with E-state index in [9.17, 15) is 4.79 Å². The molecule has 4 rings (SSSR count). The van der Waals surface area contributed by atoms with Crippen LogP contribution in [-0.4, -0.2) is 29.4 Å². The maximum absolute atomic E-state index is 12.1. The zero-order chi connectivity index (χ0) is 19.0. The van der Waals surface area contributed by atoms with E-state index in [0.717, 1.165) is 28.9 Å². The second-order valence-electron chi connectivity index (χ2n) is 6.19. The Morgan fingerprint density at radius 2 is 2.07 bits per heavy atom. The van der Waals surface area contributed by atoms with Crippen molar-refractivity contribution in [3.63, 3.8) is 0 Å². The molecule has 8 nitrogen and oxygen atoms in total. The van der Waals surface area contributed by atoms with E-state index in [1.54, 1.807) is 4.68 Å². The molecule has 1 aromatic carbocycles. The third kappa shape index (κ3) is 3.43. The van der Waals surface area contributed by atoms with Crippen LogP contribution in [-0.2, 0) is 20.0 Å². The Hall–Kier alpha value is -3.13. The summed E-state index contributed by atoms with van der Waals surface area (Å²) in [6, 6.07) is 9.23. The smallest absolute Gasteiger partial charge is 0.275 e. The summed E-state index contributed by atoms with van der Waals surface area (Å²) < 4.78 is 3.00. The third-order valence-electron chi connectivity index (χ3n) is 4.26. The van der Waals surface area contributed by atoms with E-state index in [-0.39, 0.29) is 5.56 Å². The summed E-state index contributed by atoms with van der Waals surface area (Å²) in [6.07, 6.45) is 2.61. The lowest BCUT2D eigenvalue weighted by Crippen LogP contribution is -2.15. The fourth-order valence-corrected chi connectivity index (χ4v) is 3.00. The lowest BCUT2D eigenvalue weighted by atomic mass is 10.1. The molecule has 3 heterocycles. The first-order chi connectivity index (χ1) is 13.0. The average molecular weight is 384 g/mol. The van der Waals surface area contributed by atoms with Crippen LogP contribution in [0.25, 0.3) is 17.0 Å². The normalized spacial score (nSPS) is 11.2. The zero-order valence-electron chi connectivity index (χ0n) is 14.9. The van der Waals surface area contributed by atoms with Gasteiger partial charge in [0.1, 0.15) is 0 Å². The van der Waals surface area contributed by atoms with Crippen LogP contribution < -0.4 is 10.9 Å². The summed E-state index contributed by atoms with van der Waals surface area (Å²) in [4.78, 5) is 19.5. The van der Waals surface area contributed by atoms with Crippen molar-refractivity contribution in [2.75, 3.05) is 5.32 Å². The van der Waals surface area contributed by atoms with Crippen LogP contribution in [0.2, 0.25) is 5.02 Å². The van der Waals surface area contributed by atoms with Crippen LogP contribution in [0.15, 0.2) is 41.3 Å². The van der Waals surface area contributed by atoms with Gasteiger partial charge in [-0.25, -0.2) is 0 Å². The third-order valence-corrected chi connectivity index (χ3v) is 4.63. The van der Waals surface area contributed by atoms with Gasteiger partial charge >= 0.3 is 0 Å². The van der Waals surface area contributed by atoms with E-state index in [4.69, 9.17) is 11.6 Å². The molecule has 27 heavy (non-hydrogen) atoms. The van der Waals surface area contributed by atoms with Crippen molar-refractivity contribution >= 4 is 23.3 Å². The van der Waals surface area contributed by atoms with Gasteiger partial charge in [-0.3, -0.25) is 9.48 Å². The summed E-state index contributed by atoms with van der Waals surface area (Å²) in [5.74, 6) is 0.770. The molecule has 0 aliphatic rings. The molecule has 4 aromatic rings. The van der Waals surface area contributed by atoms with Crippen LogP contribution in [0.1, 0.15) is 18.2 Å². The predicted molar refractivity (Wildman–Crippen MR) is 104 cm³/mol. The maximum atomic E-state index is 12.1. The Bertz CT molecular complexity index is 1170. The second-order valence-corrected chi connectivity index (χ2v) is 6.60. The number of rotatable bonds is 5. The largest absolute Gasteiger partial charge is 0.349 e. The summed E-state index contributed by atoms with van der Waals surface area (Å²) in [6.45, 7) is 2.39. The van der Waals surface area contributed by atoms with Crippen molar-refractivity contribution < 1.29 is 0 Å². The molecule has 0 bridgehead atoms. The Balaban J connectivity index is 1.59. The number of fused-ring (bicyclic) bond motifs is 1. The van der Waals surface area contributed by atoms with E-state index in [2.05, 4.69) is 25.5 Å². The highest BCUT2D eigenvalue weighted by molar-refractivity contribution is 6.31. The minimum absolute atomic E-state index is 0.212. The molecule has 0 unspecified atom stereocenters. The number of benzene rings is 1. The molecular weight excluding hydrogens is 366 g/mol.